The summed E-state index contributed by atoms with van der Waals surface area (Å²) in [5.41, 5.74) is 0.393. The summed E-state index contributed by atoms with van der Waals surface area (Å²) in [6, 6.07) is 13.0. The van der Waals surface area contributed by atoms with Crippen LogP contribution in [0.3, 0.4) is 0 Å². The molecule has 0 unspecified atom stereocenters. The molecule has 0 heterocycles. The molecule has 1 N–H and O–H groups in total. The maximum Gasteiger partial charge on any atom is 0.242 e. The summed E-state index contributed by atoms with van der Waals surface area (Å²) in [5.74, 6) is -0.634. The molecule has 1 aliphatic rings. The van der Waals surface area contributed by atoms with Crippen LogP contribution in [-0.2, 0) is 16.1 Å². The quantitative estimate of drug-likeness (QED) is 0.531. The minimum absolute atomic E-state index is 0.0476. The first-order valence-corrected chi connectivity index (χ1v) is 12.0. The van der Waals surface area contributed by atoms with Gasteiger partial charge in [-0.2, -0.15) is 0 Å². The number of amides is 2. The lowest BCUT2D eigenvalue weighted by Crippen LogP contribution is -2.50. The van der Waals surface area contributed by atoms with Crippen LogP contribution in [0.25, 0.3) is 0 Å². The van der Waals surface area contributed by atoms with Crippen molar-refractivity contribution in [1.82, 2.24) is 10.2 Å². The molecule has 1 atom stereocenters. The molecule has 31 heavy (non-hydrogen) atoms. The van der Waals surface area contributed by atoms with Crippen LogP contribution in [0.5, 0.6) is 0 Å². The van der Waals surface area contributed by atoms with Crippen molar-refractivity contribution in [2.45, 2.75) is 62.6 Å². The highest BCUT2D eigenvalue weighted by Gasteiger charge is 2.28. The van der Waals surface area contributed by atoms with Gasteiger partial charge in [-0.15, -0.1) is 11.8 Å². The Morgan fingerprint density at radius 2 is 1.81 bits per heavy atom. The van der Waals surface area contributed by atoms with Gasteiger partial charge in [-0.1, -0.05) is 49.1 Å². The number of nitrogens with one attached hydrogen (secondary N) is 1. The molecule has 0 spiro atoms. The van der Waals surface area contributed by atoms with Gasteiger partial charge in [0.25, 0.3) is 0 Å². The first-order chi connectivity index (χ1) is 14.9. The zero-order chi connectivity index (χ0) is 22.2. The van der Waals surface area contributed by atoms with Crippen LogP contribution in [0, 0.1) is 5.82 Å². The number of nitrogens with zero attached hydrogens (tertiary/aromatic N) is 1. The van der Waals surface area contributed by atoms with E-state index in [0.717, 1.165) is 30.6 Å². The van der Waals surface area contributed by atoms with E-state index in [4.69, 9.17) is 11.6 Å². The van der Waals surface area contributed by atoms with Gasteiger partial charge in [-0.05, 0) is 50.1 Å². The SMILES string of the molecule is C[C@H](C(=O)NC1CCCCC1)N(Cc1ccccc1F)C(=O)CSc1ccc(Cl)cc1. The Hall–Kier alpha value is -2.05. The van der Waals surface area contributed by atoms with Crippen molar-refractivity contribution in [3.8, 4) is 0 Å². The summed E-state index contributed by atoms with van der Waals surface area (Å²) < 4.78 is 14.3. The van der Waals surface area contributed by atoms with Gasteiger partial charge < -0.3 is 10.2 Å². The van der Waals surface area contributed by atoms with Gasteiger partial charge >= 0.3 is 0 Å². The van der Waals surface area contributed by atoms with Crippen LogP contribution >= 0.6 is 23.4 Å². The van der Waals surface area contributed by atoms with Gasteiger partial charge in [-0.3, -0.25) is 9.59 Å². The fourth-order valence-corrected chi connectivity index (χ4v) is 4.63. The molecule has 2 aromatic rings. The van der Waals surface area contributed by atoms with Crippen molar-refractivity contribution < 1.29 is 14.0 Å². The van der Waals surface area contributed by atoms with Crippen molar-refractivity contribution in [2.24, 2.45) is 0 Å². The molecule has 1 fully saturated rings. The van der Waals surface area contributed by atoms with E-state index in [1.165, 1.54) is 29.1 Å². The summed E-state index contributed by atoms with van der Waals surface area (Å²) in [7, 11) is 0. The largest absolute Gasteiger partial charge is 0.352 e. The highest BCUT2D eigenvalue weighted by atomic mass is 35.5. The summed E-state index contributed by atoms with van der Waals surface area (Å²) in [5, 5.41) is 3.72. The van der Waals surface area contributed by atoms with Gasteiger partial charge in [0.2, 0.25) is 11.8 Å². The smallest absolute Gasteiger partial charge is 0.242 e. The normalized spacial score (nSPS) is 15.3. The molecule has 166 valence electrons. The molecular weight excluding hydrogens is 435 g/mol. The fraction of sp³-hybridized carbons (Fsp3) is 0.417. The van der Waals surface area contributed by atoms with E-state index in [2.05, 4.69) is 5.32 Å². The molecule has 3 rings (SSSR count). The van der Waals surface area contributed by atoms with E-state index >= 15 is 0 Å². The monoisotopic (exact) mass is 462 g/mol. The van der Waals surface area contributed by atoms with E-state index < -0.39 is 6.04 Å². The molecule has 4 nitrogen and oxygen atoms in total. The third-order valence-corrected chi connectivity index (χ3v) is 6.84. The number of thioether (sulfide) groups is 1. The van der Waals surface area contributed by atoms with E-state index in [1.54, 1.807) is 37.3 Å². The van der Waals surface area contributed by atoms with Gasteiger partial charge in [0.1, 0.15) is 11.9 Å². The van der Waals surface area contributed by atoms with E-state index in [1.807, 2.05) is 12.1 Å². The number of hydrogen-bond donors (Lipinski definition) is 1. The van der Waals surface area contributed by atoms with Gasteiger partial charge in [0.05, 0.1) is 5.75 Å². The number of carbonyl (C=O) groups is 2. The lowest BCUT2D eigenvalue weighted by atomic mass is 9.95. The van der Waals surface area contributed by atoms with Crippen LogP contribution in [0.2, 0.25) is 5.02 Å². The van der Waals surface area contributed by atoms with Gasteiger partial charge in [-0.25, -0.2) is 4.39 Å². The van der Waals surface area contributed by atoms with Crippen molar-refractivity contribution in [2.75, 3.05) is 5.75 Å². The van der Waals surface area contributed by atoms with Crippen LogP contribution in [-0.4, -0.2) is 34.6 Å². The molecule has 2 aromatic carbocycles. The number of carbonyl (C=O) groups excluding carboxylic acids is 2. The van der Waals surface area contributed by atoms with Crippen molar-refractivity contribution in [3.63, 3.8) is 0 Å². The number of benzene rings is 2. The van der Waals surface area contributed by atoms with E-state index in [0.29, 0.717) is 10.6 Å². The molecule has 0 aromatic heterocycles. The molecule has 2 amide bonds. The second-order valence-electron chi connectivity index (χ2n) is 7.88. The van der Waals surface area contributed by atoms with Crippen LogP contribution in [0.15, 0.2) is 53.4 Å². The summed E-state index contributed by atoms with van der Waals surface area (Å²) in [6.45, 7) is 1.76. The first-order valence-electron chi connectivity index (χ1n) is 10.7. The number of rotatable bonds is 8. The Bertz CT molecular complexity index is 887. The first kappa shape index (κ1) is 23.6. The third-order valence-electron chi connectivity index (χ3n) is 5.59. The minimum atomic E-state index is -0.695. The Kier molecular flexibility index (Phi) is 8.79. The lowest BCUT2D eigenvalue weighted by Gasteiger charge is -2.31. The molecule has 0 radical (unpaired) electrons. The fourth-order valence-electron chi connectivity index (χ4n) is 3.72. The molecule has 1 aliphatic carbocycles. The Labute approximate surface area is 192 Å². The lowest BCUT2D eigenvalue weighted by molar-refractivity contribution is -0.139. The van der Waals surface area contributed by atoms with Crippen LogP contribution in [0.4, 0.5) is 4.39 Å². The Morgan fingerprint density at radius 3 is 2.48 bits per heavy atom. The maximum atomic E-state index is 14.3. The van der Waals surface area contributed by atoms with Crippen LogP contribution < -0.4 is 5.32 Å². The molecular formula is C24H28ClFN2O2S. The Morgan fingerprint density at radius 1 is 1.13 bits per heavy atom. The van der Waals surface area contributed by atoms with Crippen molar-refractivity contribution >= 4 is 35.2 Å². The van der Waals surface area contributed by atoms with Crippen LogP contribution in [0.1, 0.15) is 44.6 Å². The highest BCUT2D eigenvalue weighted by molar-refractivity contribution is 8.00. The molecule has 0 aliphatic heterocycles. The van der Waals surface area contributed by atoms with Crippen molar-refractivity contribution in [1.29, 1.82) is 0 Å². The van der Waals surface area contributed by atoms with Gasteiger partial charge in [0, 0.05) is 28.1 Å². The summed E-state index contributed by atoms with van der Waals surface area (Å²) in [4.78, 5) is 28.4. The standard InChI is InChI=1S/C24H28ClFN2O2S/c1-17(24(30)27-20-8-3-2-4-9-20)28(15-18-7-5-6-10-22(18)26)23(29)16-31-21-13-11-19(25)12-14-21/h5-7,10-14,17,20H,2-4,8-9,15-16H2,1H3,(H,27,30)/t17-/m1/s1. The second kappa shape index (κ2) is 11.5. The molecule has 0 saturated heterocycles. The second-order valence-corrected chi connectivity index (χ2v) is 9.36. The van der Waals surface area contributed by atoms with Gasteiger partial charge in [0.15, 0.2) is 0 Å². The summed E-state index contributed by atoms with van der Waals surface area (Å²) >= 11 is 7.29. The average molecular weight is 463 g/mol. The molecule has 0 bridgehead atoms. The predicted octanol–water partition coefficient (Wildman–Crippen LogP) is 5.44. The average Bonchev–Trinajstić information content (AvgIpc) is 2.78. The van der Waals surface area contributed by atoms with E-state index in [9.17, 15) is 14.0 Å². The van der Waals surface area contributed by atoms with Crippen molar-refractivity contribution in [3.05, 3.63) is 64.9 Å². The molecule has 1 saturated carbocycles. The number of halogens is 2. The minimum Gasteiger partial charge on any atom is -0.352 e. The predicted molar refractivity (Wildman–Crippen MR) is 124 cm³/mol. The Balaban J connectivity index is 1.71. The third kappa shape index (κ3) is 6.97. The maximum absolute atomic E-state index is 14.3. The summed E-state index contributed by atoms with van der Waals surface area (Å²) in [6.07, 6.45) is 5.34. The number of hydrogen-bond acceptors (Lipinski definition) is 3. The molecule has 7 heteroatoms. The zero-order valence-electron chi connectivity index (χ0n) is 17.7. The topological polar surface area (TPSA) is 49.4 Å². The highest BCUT2D eigenvalue weighted by Crippen LogP contribution is 2.23. The van der Waals surface area contributed by atoms with E-state index in [-0.39, 0.29) is 36.0 Å². The zero-order valence-corrected chi connectivity index (χ0v) is 19.2.